The normalized spacial score (nSPS) is 10.6. The second-order valence-electron chi connectivity index (χ2n) is 4.43. The number of nitrogens with one attached hydrogen (secondary N) is 1. The van der Waals surface area contributed by atoms with Crippen molar-refractivity contribution in [1.82, 2.24) is 10.3 Å². The molecule has 0 atom stereocenters. The number of aryl methyl sites for hydroxylation is 1. The highest BCUT2D eigenvalue weighted by molar-refractivity contribution is 9.10. The number of benzene rings is 1. The fourth-order valence-electron chi connectivity index (χ4n) is 1.89. The van der Waals surface area contributed by atoms with E-state index in [-0.39, 0.29) is 0 Å². The van der Waals surface area contributed by atoms with E-state index in [1.807, 2.05) is 6.20 Å². The van der Waals surface area contributed by atoms with Crippen LogP contribution in [-0.2, 0) is 13.0 Å². The lowest BCUT2D eigenvalue weighted by molar-refractivity contribution is 0.685. The highest BCUT2D eigenvalue weighted by Crippen LogP contribution is 2.09. The van der Waals surface area contributed by atoms with Crippen LogP contribution in [0.1, 0.15) is 16.7 Å². The van der Waals surface area contributed by atoms with Crippen molar-refractivity contribution >= 4 is 15.9 Å². The molecule has 0 amide bonds. The molecule has 18 heavy (non-hydrogen) atoms. The van der Waals surface area contributed by atoms with Crippen LogP contribution in [0.2, 0.25) is 0 Å². The molecule has 0 aliphatic carbocycles. The minimum atomic E-state index is 0.859. The second-order valence-corrected chi connectivity index (χ2v) is 5.34. The van der Waals surface area contributed by atoms with Gasteiger partial charge in [-0.2, -0.15) is 0 Å². The molecule has 2 aromatic rings. The van der Waals surface area contributed by atoms with Crippen LogP contribution >= 0.6 is 15.9 Å². The first-order valence-electron chi connectivity index (χ1n) is 6.10. The molecule has 1 aromatic carbocycles. The predicted molar refractivity (Wildman–Crippen MR) is 78.5 cm³/mol. The van der Waals surface area contributed by atoms with E-state index in [0.717, 1.165) is 24.0 Å². The highest BCUT2D eigenvalue weighted by atomic mass is 79.9. The minimum Gasteiger partial charge on any atom is -0.312 e. The van der Waals surface area contributed by atoms with E-state index in [1.54, 1.807) is 6.20 Å². The fourth-order valence-corrected chi connectivity index (χ4v) is 2.30. The first-order chi connectivity index (χ1) is 8.74. The van der Waals surface area contributed by atoms with Gasteiger partial charge in [0.15, 0.2) is 0 Å². The number of aromatic nitrogens is 1. The molecule has 2 nitrogen and oxygen atoms in total. The molecule has 2 rings (SSSR count). The van der Waals surface area contributed by atoms with Crippen molar-refractivity contribution in [3.63, 3.8) is 0 Å². The Labute approximate surface area is 117 Å². The van der Waals surface area contributed by atoms with E-state index in [9.17, 15) is 0 Å². The molecule has 94 valence electrons. The summed E-state index contributed by atoms with van der Waals surface area (Å²) in [4.78, 5) is 4.15. The maximum absolute atomic E-state index is 4.15. The Morgan fingerprint density at radius 2 is 2.06 bits per heavy atom. The van der Waals surface area contributed by atoms with Crippen molar-refractivity contribution in [1.29, 1.82) is 0 Å². The van der Waals surface area contributed by atoms with Crippen molar-refractivity contribution in [3.05, 3.63) is 63.9 Å². The Balaban J connectivity index is 1.76. The van der Waals surface area contributed by atoms with Crippen LogP contribution in [-0.4, -0.2) is 11.5 Å². The van der Waals surface area contributed by atoms with Crippen LogP contribution in [0.15, 0.2) is 47.2 Å². The van der Waals surface area contributed by atoms with Gasteiger partial charge in [-0.15, -0.1) is 0 Å². The summed E-state index contributed by atoms with van der Waals surface area (Å²) in [5, 5.41) is 3.44. The zero-order valence-electron chi connectivity index (χ0n) is 10.5. The van der Waals surface area contributed by atoms with Crippen molar-refractivity contribution in [2.75, 3.05) is 6.54 Å². The largest absolute Gasteiger partial charge is 0.312 e. The molecule has 0 aliphatic rings. The summed E-state index contributed by atoms with van der Waals surface area (Å²) in [6.45, 7) is 3.97. The summed E-state index contributed by atoms with van der Waals surface area (Å²) in [6, 6.07) is 10.7. The topological polar surface area (TPSA) is 24.9 Å². The van der Waals surface area contributed by atoms with Gasteiger partial charge in [0.2, 0.25) is 0 Å². The average Bonchev–Trinajstić information content (AvgIpc) is 2.35. The summed E-state index contributed by atoms with van der Waals surface area (Å²) >= 11 is 3.43. The number of nitrogens with zero attached hydrogens (tertiary/aromatic N) is 1. The second kappa shape index (κ2) is 6.66. The van der Waals surface area contributed by atoms with Gasteiger partial charge in [-0.1, -0.05) is 29.8 Å². The number of pyridine rings is 1. The van der Waals surface area contributed by atoms with Gasteiger partial charge >= 0.3 is 0 Å². The lowest BCUT2D eigenvalue weighted by atomic mass is 10.1. The van der Waals surface area contributed by atoms with E-state index in [2.05, 4.69) is 63.5 Å². The maximum atomic E-state index is 4.15. The van der Waals surface area contributed by atoms with Crippen LogP contribution in [0.3, 0.4) is 0 Å². The molecule has 3 heteroatoms. The first-order valence-corrected chi connectivity index (χ1v) is 6.89. The van der Waals surface area contributed by atoms with Crippen molar-refractivity contribution in [2.45, 2.75) is 19.9 Å². The van der Waals surface area contributed by atoms with Gasteiger partial charge in [0, 0.05) is 23.4 Å². The van der Waals surface area contributed by atoms with E-state index >= 15 is 0 Å². The van der Waals surface area contributed by atoms with Crippen LogP contribution in [0, 0.1) is 6.92 Å². The SMILES string of the molecule is Cc1cccc(CCNCc2cncc(Br)c2)c1. The zero-order chi connectivity index (χ0) is 12.8. The third kappa shape index (κ3) is 4.24. The van der Waals surface area contributed by atoms with Gasteiger partial charge in [-0.25, -0.2) is 0 Å². The van der Waals surface area contributed by atoms with Crippen LogP contribution in [0.4, 0.5) is 0 Å². The maximum Gasteiger partial charge on any atom is 0.0410 e. The average molecular weight is 305 g/mol. The summed E-state index contributed by atoms with van der Waals surface area (Å²) in [6.07, 6.45) is 4.75. The lowest BCUT2D eigenvalue weighted by Gasteiger charge is -2.06. The Bertz CT molecular complexity index is 464. The molecular weight excluding hydrogens is 288 g/mol. The molecule has 1 N–H and O–H groups in total. The molecule has 1 aromatic heterocycles. The Kier molecular flexibility index (Phi) is 4.90. The van der Waals surface area contributed by atoms with Gasteiger partial charge in [-0.05, 0) is 53.0 Å². The van der Waals surface area contributed by atoms with Gasteiger partial charge in [0.05, 0.1) is 0 Å². The standard InChI is InChI=1S/C15H17BrN2/c1-12-3-2-4-13(7-12)5-6-17-9-14-8-15(16)11-18-10-14/h2-4,7-8,10-11,17H,5-6,9H2,1H3. The van der Waals surface area contributed by atoms with Crippen LogP contribution in [0.5, 0.6) is 0 Å². The molecule has 0 spiro atoms. The monoisotopic (exact) mass is 304 g/mol. The summed E-state index contributed by atoms with van der Waals surface area (Å²) in [5.74, 6) is 0. The molecule has 0 fully saturated rings. The van der Waals surface area contributed by atoms with E-state index in [0.29, 0.717) is 0 Å². The molecule has 0 bridgehead atoms. The van der Waals surface area contributed by atoms with E-state index in [4.69, 9.17) is 0 Å². The third-order valence-electron chi connectivity index (χ3n) is 2.76. The quantitative estimate of drug-likeness (QED) is 0.855. The van der Waals surface area contributed by atoms with E-state index < -0.39 is 0 Å². The zero-order valence-corrected chi connectivity index (χ0v) is 12.1. The number of hydrogen-bond acceptors (Lipinski definition) is 2. The van der Waals surface area contributed by atoms with Gasteiger partial charge < -0.3 is 5.32 Å². The minimum absolute atomic E-state index is 0.859. The number of hydrogen-bond donors (Lipinski definition) is 1. The molecule has 0 aliphatic heterocycles. The lowest BCUT2D eigenvalue weighted by Crippen LogP contribution is -2.16. The first kappa shape index (κ1) is 13.2. The Morgan fingerprint density at radius 3 is 2.83 bits per heavy atom. The molecule has 1 heterocycles. The van der Waals surface area contributed by atoms with Crippen molar-refractivity contribution in [2.24, 2.45) is 0 Å². The Morgan fingerprint density at radius 1 is 1.17 bits per heavy atom. The highest BCUT2D eigenvalue weighted by Gasteiger charge is 1.96. The smallest absolute Gasteiger partial charge is 0.0410 e. The number of rotatable bonds is 5. The van der Waals surface area contributed by atoms with Crippen LogP contribution < -0.4 is 5.32 Å². The fraction of sp³-hybridized carbons (Fsp3) is 0.267. The summed E-state index contributed by atoms with van der Waals surface area (Å²) in [7, 11) is 0. The van der Waals surface area contributed by atoms with E-state index in [1.165, 1.54) is 16.7 Å². The van der Waals surface area contributed by atoms with Crippen molar-refractivity contribution in [3.8, 4) is 0 Å². The summed E-state index contributed by atoms with van der Waals surface area (Å²) in [5.41, 5.74) is 3.91. The van der Waals surface area contributed by atoms with Gasteiger partial charge in [0.1, 0.15) is 0 Å². The summed E-state index contributed by atoms with van der Waals surface area (Å²) < 4.78 is 1.03. The third-order valence-corrected chi connectivity index (χ3v) is 3.20. The van der Waals surface area contributed by atoms with Crippen LogP contribution in [0.25, 0.3) is 0 Å². The van der Waals surface area contributed by atoms with Gasteiger partial charge in [-0.3, -0.25) is 4.98 Å². The number of halogens is 1. The predicted octanol–water partition coefficient (Wildman–Crippen LogP) is 3.48. The molecule has 0 radical (unpaired) electrons. The Hall–Kier alpha value is -1.19. The van der Waals surface area contributed by atoms with Gasteiger partial charge in [0.25, 0.3) is 0 Å². The molecule has 0 unspecified atom stereocenters. The van der Waals surface area contributed by atoms with Crippen molar-refractivity contribution < 1.29 is 0 Å². The molecule has 0 saturated heterocycles. The molecular formula is C15H17BrN2. The molecule has 0 saturated carbocycles.